The van der Waals surface area contributed by atoms with Crippen molar-refractivity contribution in [2.24, 2.45) is 5.73 Å². The third-order valence-electron chi connectivity index (χ3n) is 10.0. The molecule has 1 fully saturated rings. The maximum Gasteiger partial charge on any atom is 0.412 e. The Labute approximate surface area is 308 Å². The van der Waals surface area contributed by atoms with Crippen molar-refractivity contribution in [2.75, 3.05) is 16.8 Å². The number of aliphatic hydroxyl groups is 1. The average Bonchev–Trinajstić information content (AvgIpc) is 3.15. The number of hydrogen-bond donors (Lipinski definition) is 7. The number of unbranched alkanes of at least 4 members (excludes halogenated alkanes) is 1. The van der Waals surface area contributed by atoms with Gasteiger partial charge in [0.1, 0.15) is 5.75 Å². The van der Waals surface area contributed by atoms with Crippen LogP contribution in [0.15, 0.2) is 102 Å². The first kappa shape index (κ1) is 37.3. The number of amides is 2. The molecule has 1 aromatic heterocycles. The summed E-state index contributed by atoms with van der Waals surface area (Å²) in [4.78, 5) is 41.3. The van der Waals surface area contributed by atoms with Gasteiger partial charge in [0.15, 0.2) is 0 Å². The first-order chi connectivity index (χ1) is 25.7. The quantitative estimate of drug-likeness (QED) is 0.0611. The first-order valence-corrected chi connectivity index (χ1v) is 18.2. The van der Waals surface area contributed by atoms with Crippen LogP contribution in [0.25, 0.3) is 22.0 Å². The Kier molecular flexibility index (Phi) is 12.2. The number of aromatic nitrogens is 1. The molecule has 1 saturated carbocycles. The number of aromatic amines is 1. The van der Waals surface area contributed by atoms with Gasteiger partial charge in [-0.3, -0.25) is 14.5 Å². The molecular weight excluding hydrogens is 670 g/mol. The molecule has 0 spiro atoms. The molecule has 4 aromatic carbocycles. The van der Waals surface area contributed by atoms with Gasteiger partial charge < -0.3 is 36.7 Å². The number of phenolic OH excluding ortho intramolecular Hbond substituents is 1. The number of nitrogens with zero attached hydrogens (tertiary/aromatic N) is 1. The molecule has 1 aliphatic rings. The number of phenols is 1. The van der Waals surface area contributed by atoms with Crippen molar-refractivity contribution in [3.05, 3.63) is 124 Å². The number of benzene rings is 4. The van der Waals surface area contributed by atoms with E-state index in [1.165, 1.54) is 12.1 Å². The number of pyridine rings is 1. The number of aryl methyl sites for hydroxylation is 1. The SMILES string of the molecule is N[C@H]1CC[C@H](N(C(=O)O)c2cc(CCCCC(=O)Nc3ccc(CNCC(O)c4ccc(O)c5[nH]c(=O)ccc45)cc3)ccc2-c2ccccc2)CC1. The zero-order valence-corrected chi connectivity index (χ0v) is 29.6. The summed E-state index contributed by atoms with van der Waals surface area (Å²) >= 11 is 0. The zero-order valence-electron chi connectivity index (χ0n) is 29.6. The molecule has 11 heteroatoms. The molecule has 5 aromatic rings. The molecule has 1 unspecified atom stereocenters. The molecule has 0 aliphatic heterocycles. The minimum absolute atomic E-state index is 0.0558. The number of nitrogens with one attached hydrogen (secondary N) is 3. The van der Waals surface area contributed by atoms with Gasteiger partial charge in [0.05, 0.1) is 17.3 Å². The molecule has 2 amide bonds. The second-order valence-electron chi connectivity index (χ2n) is 13.8. The Hall–Kier alpha value is -5.49. The Balaban J connectivity index is 0.987. The number of nitrogens with two attached hydrogens (primary N) is 1. The van der Waals surface area contributed by atoms with Crippen LogP contribution in [0.5, 0.6) is 5.75 Å². The van der Waals surface area contributed by atoms with Gasteiger partial charge in [0.2, 0.25) is 11.5 Å². The normalized spacial score (nSPS) is 16.3. The number of hydrogen-bond acceptors (Lipinski definition) is 7. The topological polar surface area (TPSA) is 181 Å². The molecule has 8 N–H and O–H groups in total. The van der Waals surface area contributed by atoms with Crippen LogP contribution in [-0.4, -0.2) is 50.9 Å². The van der Waals surface area contributed by atoms with Crippen LogP contribution in [0.4, 0.5) is 16.2 Å². The summed E-state index contributed by atoms with van der Waals surface area (Å²) < 4.78 is 0. The Bertz CT molecular complexity index is 2080. The van der Waals surface area contributed by atoms with Crippen LogP contribution in [-0.2, 0) is 17.8 Å². The van der Waals surface area contributed by atoms with E-state index in [9.17, 15) is 29.7 Å². The lowest BCUT2D eigenvalue weighted by Gasteiger charge is -2.35. The van der Waals surface area contributed by atoms with Crippen molar-refractivity contribution in [3.8, 4) is 16.9 Å². The highest BCUT2D eigenvalue weighted by molar-refractivity contribution is 5.94. The van der Waals surface area contributed by atoms with Crippen LogP contribution < -0.4 is 26.8 Å². The number of fused-ring (bicyclic) bond motifs is 1. The minimum Gasteiger partial charge on any atom is -0.506 e. The number of H-pyrrole nitrogens is 1. The molecule has 11 nitrogen and oxygen atoms in total. The fourth-order valence-electron chi connectivity index (χ4n) is 7.17. The average molecular weight is 718 g/mol. The summed E-state index contributed by atoms with van der Waals surface area (Å²) in [6.07, 6.45) is 3.78. The predicted octanol–water partition coefficient (Wildman–Crippen LogP) is 6.83. The van der Waals surface area contributed by atoms with Gasteiger partial charge in [-0.15, -0.1) is 0 Å². The van der Waals surface area contributed by atoms with Gasteiger partial charge in [-0.05, 0) is 97.5 Å². The summed E-state index contributed by atoms with van der Waals surface area (Å²) in [5, 5.41) is 38.1. The van der Waals surface area contributed by atoms with E-state index < -0.39 is 12.2 Å². The van der Waals surface area contributed by atoms with Crippen molar-refractivity contribution in [2.45, 2.75) is 76.1 Å². The minimum atomic E-state index is -0.959. The van der Waals surface area contributed by atoms with Gasteiger partial charge in [-0.1, -0.05) is 60.7 Å². The van der Waals surface area contributed by atoms with Crippen LogP contribution in [0, 0.1) is 0 Å². The molecule has 53 heavy (non-hydrogen) atoms. The van der Waals surface area contributed by atoms with Gasteiger partial charge in [-0.25, -0.2) is 4.79 Å². The molecule has 276 valence electrons. The summed E-state index contributed by atoms with van der Waals surface area (Å²) in [7, 11) is 0. The van der Waals surface area contributed by atoms with Crippen LogP contribution in [0.3, 0.4) is 0 Å². The fraction of sp³-hybridized carbons (Fsp3) is 0.310. The number of aromatic hydroxyl groups is 1. The smallest absolute Gasteiger partial charge is 0.412 e. The van der Waals surface area contributed by atoms with E-state index >= 15 is 0 Å². The highest BCUT2D eigenvalue weighted by Crippen LogP contribution is 2.36. The van der Waals surface area contributed by atoms with E-state index in [0.717, 1.165) is 60.8 Å². The standard InChI is InChI=1S/C42H47N5O6/c43-30-13-17-32(18-14-30)47(42(52)53)36-24-27(12-19-33(36)29-7-2-1-3-8-29)6-4-5-9-39(50)45-31-15-10-28(11-16-31)25-44-26-38(49)34-20-22-37(48)41-35(34)21-23-40(51)46-41/h1-3,7-8,10-12,15-16,19-24,30,32,38,44,48-49H,4-6,9,13-14,17-18,25-26,43H2,(H,45,50)(H,46,51)(H,52,53)/t30-,32-,38?. The van der Waals surface area contributed by atoms with Gasteiger partial charge in [-0.2, -0.15) is 0 Å². The highest BCUT2D eigenvalue weighted by Gasteiger charge is 2.30. The molecule has 1 aliphatic carbocycles. The zero-order chi connectivity index (χ0) is 37.3. The third-order valence-corrected chi connectivity index (χ3v) is 10.0. The van der Waals surface area contributed by atoms with Crippen molar-refractivity contribution in [1.82, 2.24) is 10.3 Å². The van der Waals surface area contributed by atoms with Crippen molar-refractivity contribution >= 4 is 34.3 Å². The molecule has 0 bridgehead atoms. The van der Waals surface area contributed by atoms with Crippen LogP contribution in [0.1, 0.15) is 67.7 Å². The second kappa shape index (κ2) is 17.4. The number of carbonyl (C=O) groups excluding carboxylic acids is 1. The number of aliphatic hydroxyl groups excluding tert-OH is 1. The third kappa shape index (κ3) is 9.50. The molecule has 0 saturated heterocycles. The largest absolute Gasteiger partial charge is 0.506 e. The number of carbonyl (C=O) groups is 2. The molecular formula is C42H47N5O6. The lowest BCUT2D eigenvalue weighted by molar-refractivity contribution is -0.116. The second-order valence-corrected chi connectivity index (χ2v) is 13.8. The van der Waals surface area contributed by atoms with Crippen molar-refractivity contribution in [3.63, 3.8) is 0 Å². The summed E-state index contributed by atoms with van der Waals surface area (Å²) in [5.74, 6) is -0.131. The monoisotopic (exact) mass is 717 g/mol. The van der Waals surface area contributed by atoms with E-state index in [-0.39, 0.29) is 35.8 Å². The van der Waals surface area contributed by atoms with Gasteiger partial charge >= 0.3 is 6.09 Å². The van der Waals surface area contributed by atoms with Gasteiger partial charge in [0.25, 0.3) is 0 Å². The summed E-state index contributed by atoms with van der Waals surface area (Å²) in [6.45, 7) is 0.745. The van der Waals surface area contributed by atoms with E-state index in [1.807, 2.05) is 66.7 Å². The summed E-state index contributed by atoms with van der Waals surface area (Å²) in [5.41, 5.74) is 11.9. The van der Waals surface area contributed by atoms with Crippen molar-refractivity contribution in [1.29, 1.82) is 0 Å². The van der Waals surface area contributed by atoms with E-state index in [1.54, 1.807) is 17.0 Å². The molecule has 1 heterocycles. The van der Waals surface area contributed by atoms with E-state index in [4.69, 9.17) is 5.73 Å². The van der Waals surface area contributed by atoms with E-state index in [0.29, 0.717) is 47.2 Å². The maximum absolute atomic E-state index is 12.8. The number of anilines is 2. The molecule has 1 atom stereocenters. The Morgan fingerprint density at radius 1 is 0.887 bits per heavy atom. The number of carboxylic acid groups (broad SMARTS) is 1. The predicted molar refractivity (Wildman–Crippen MR) is 208 cm³/mol. The number of rotatable bonds is 14. The highest BCUT2D eigenvalue weighted by atomic mass is 16.4. The van der Waals surface area contributed by atoms with Gasteiger partial charge in [0, 0.05) is 54.3 Å². The fourth-order valence-corrected chi connectivity index (χ4v) is 7.17. The maximum atomic E-state index is 12.8. The van der Waals surface area contributed by atoms with Crippen LogP contribution >= 0.6 is 0 Å². The summed E-state index contributed by atoms with van der Waals surface area (Å²) in [6, 6.07) is 29.5. The Morgan fingerprint density at radius 2 is 1.62 bits per heavy atom. The lowest BCUT2D eigenvalue weighted by Crippen LogP contribution is -2.44. The van der Waals surface area contributed by atoms with E-state index in [2.05, 4.69) is 21.7 Å². The Morgan fingerprint density at radius 3 is 2.36 bits per heavy atom. The lowest BCUT2D eigenvalue weighted by atomic mass is 9.89. The first-order valence-electron chi connectivity index (χ1n) is 18.2. The molecule has 0 radical (unpaired) electrons. The molecule has 6 rings (SSSR count). The van der Waals surface area contributed by atoms with Crippen molar-refractivity contribution < 1.29 is 24.9 Å². The van der Waals surface area contributed by atoms with Crippen LogP contribution in [0.2, 0.25) is 0 Å².